The van der Waals surface area contributed by atoms with Crippen LogP contribution in [-0.2, 0) is 0 Å². The van der Waals surface area contributed by atoms with Crippen molar-refractivity contribution < 1.29 is 9.18 Å². The van der Waals surface area contributed by atoms with Crippen molar-refractivity contribution in [3.63, 3.8) is 0 Å². The van der Waals surface area contributed by atoms with Crippen LogP contribution in [0.1, 0.15) is 21.5 Å². The molecular weight excluding hydrogens is 330 g/mol. The van der Waals surface area contributed by atoms with E-state index in [9.17, 15) is 9.18 Å². The molecule has 0 aliphatic carbocycles. The SMILES string of the molecule is Cc1cc(C(=O)c2ccc(I)cc2)ccc1F. The average Bonchev–Trinajstić information content (AvgIpc) is 2.33. The van der Waals surface area contributed by atoms with E-state index in [4.69, 9.17) is 0 Å². The van der Waals surface area contributed by atoms with Gasteiger partial charge < -0.3 is 0 Å². The lowest BCUT2D eigenvalue weighted by Crippen LogP contribution is -2.02. The molecule has 0 aliphatic heterocycles. The minimum absolute atomic E-state index is 0.0792. The summed E-state index contributed by atoms with van der Waals surface area (Å²) < 4.78 is 14.2. The lowest BCUT2D eigenvalue weighted by atomic mass is 10.0. The molecule has 0 spiro atoms. The fourth-order valence-electron chi connectivity index (χ4n) is 1.55. The van der Waals surface area contributed by atoms with Crippen molar-refractivity contribution in [2.75, 3.05) is 0 Å². The lowest BCUT2D eigenvalue weighted by Gasteiger charge is -2.03. The minimum atomic E-state index is -0.288. The van der Waals surface area contributed by atoms with E-state index < -0.39 is 0 Å². The molecule has 0 fully saturated rings. The summed E-state index contributed by atoms with van der Waals surface area (Å²) in [7, 11) is 0. The predicted molar refractivity (Wildman–Crippen MR) is 73.7 cm³/mol. The van der Waals surface area contributed by atoms with Crippen LogP contribution in [0, 0.1) is 16.3 Å². The van der Waals surface area contributed by atoms with Crippen molar-refractivity contribution in [1.82, 2.24) is 0 Å². The maximum absolute atomic E-state index is 13.1. The molecule has 86 valence electrons. The molecule has 1 nitrogen and oxygen atoms in total. The normalized spacial score (nSPS) is 10.3. The summed E-state index contributed by atoms with van der Waals surface area (Å²) >= 11 is 2.18. The van der Waals surface area contributed by atoms with Crippen LogP contribution >= 0.6 is 22.6 Å². The second kappa shape index (κ2) is 4.96. The van der Waals surface area contributed by atoms with E-state index in [2.05, 4.69) is 22.6 Å². The number of hydrogen-bond acceptors (Lipinski definition) is 1. The van der Waals surface area contributed by atoms with Gasteiger partial charge >= 0.3 is 0 Å². The van der Waals surface area contributed by atoms with Crippen LogP contribution in [0.4, 0.5) is 4.39 Å². The standard InChI is InChI=1S/C14H10FIO/c1-9-8-11(4-7-13(9)15)14(17)10-2-5-12(16)6-3-10/h2-8H,1H3. The van der Waals surface area contributed by atoms with E-state index >= 15 is 0 Å². The van der Waals surface area contributed by atoms with Gasteiger partial charge in [-0.25, -0.2) is 4.39 Å². The number of halogens is 2. The third-order valence-electron chi connectivity index (χ3n) is 2.53. The van der Waals surface area contributed by atoms with Gasteiger partial charge in [-0.15, -0.1) is 0 Å². The quantitative estimate of drug-likeness (QED) is 0.597. The van der Waals surface area contributed by atoms with Gasteiger partial charge in [0.2, 0.25) is 0 Å². The number of benzene rings is 2. The fourth-order valence-corrected chi connectivity index (χ4v) is 1.91. The van der Waals surface area contributed by atoms with Crippen molar-refractivity contribution in [3.8, 4) is 0 Å². The zero-order chi connectivity index (χ0) is 12.4. The first-order valence-corrected chi connectivity index (χ1v) is 6.22. The molecule has 0 N–H and O–H groups in total. The van der Waals surface area contributed by atoms with Crippen molar-refractivity contribution in [2.24, 2.45) is 0 Å². The molecule has 2 rings (SSSR count). The highest BCUT2D eigenvalue weighted by molar-refractivity contribution is 14.1. The number of aryl methyl sites for hydroxylation is 1. The molecule has 3 heteroatoms. The molecule has 0 amide bonds. The third kappa shape index (κ3) is 2.72. The summed E-state index contributed by atoms with van der Waals surface area (Å²) in [5, 5.41) is 0. The van der Waals surface area contributed by atoms with E-state index in [-0.39, 0.29) is 11.6 Å². The van der Waals surface area contributed by atoms with E-state index in [1.807, 2.05) is 12.1 Å². The van der Waals surface area contributed by atoms with Crippen LogP contribution in [-0.4, -0.2) is 5.78 Å². The number of carbonyl (C=O) groups excluding carboxylic acids is 1. The molecule has 0 aromatic heterocycles. The van der Waals surface area contributed by atoms with Crippen LogP contribution in [0.15, 0.2) is 42.5 Å². The Bertz CT molecular complexity index is 561. The van der Waals surface area contributed by atoms with E-state index in [1.165, 1.54) is 12.1 Å². The van der Waals surface area contributed by atoms with E-state index in [0.29, 0.717) is 16.7 Å². The number of carbonyl (C=O) groups is 1. The Morgan fingerprint density at radius 2 is 1.65 bits per heavy atom. The highest BCUT2D eigenvalue weighted by Gasteiger charge is 2.10. The summed E-state index contributed by atoms with van der Waals surface area (Å²) in [5.74, 6) is -0.367. The molecule has 0 saturated carbocycles. The first-order chi connectivity index (χ1) is 8.08. The molecule has 0 saturated heterocycles. The largest absolute Gasteiger partial charge is 0.289 e. The number of hydrogen-bond donors (Lipinski definition) is 0. The molecule has 0 atom stereocenters. The highest BCUT2D eigenvalue weighted by atomic mass is 127. The lowest BCUT2D eigenvalue weighted by molar-refractivity contribution is 0.103. The Hall–Kier alpha value is -1.23. The van der Waals surface area contributed by atoms with Gasteiger partial charge in [0.15, 0.2) is 5.78 Å². The van der Waals surface area contributed by atoms with Crippen molar-refractivity contribution in [3.05, 3.63) is 68.5 Å². The molecule has 0 radical (unpaired) electrons. The fraction of sp³-hybridized carbons (Fsp3) is 0.0714. The number of ketones is 1. The molecular formula is C14H10FIO. The van der Waals surface area contributed by atoms with Crippen molar-refractivity contribution >= 4 is 28.4 Å². The maximum atomic E-state index is 13.1. The number of rotatable bonds is 2. The monoisotopic (exact) mass is 340 g/mol. The van der Waals surface area contributed by atoms with Crippen molar-refractivity contribution in [1.29, 1.82) is 0 Å². The van der Waals surface area contributed by atoms with Crippen molar-refractivity contribution in [2.45, 2.75) is 6.92 Å². The molecule has 0 heterocycles. The molecule has 17 heavy (non-hydrogen) atoms. The second-order valence-electron chi connectivity index (χ2n) is 3.80. The molecule has 0 unspecified atom stereocenters. The summed E-state index contributed by atoms with van der Waals surface area (Å²) in [5.41, 5.74) is 1.63. The first kappa shape index (κ1) is 12.2. The topological polar surface area (TPSA) is 17.1 Å². The molecule has 0 bridgehead atoms. The van der Waals surface area contributed by atoms with Gasteiger partial charge in [0.25, 0.3) is 0 Å². The zero-order valence-electron chi connectivity index (χ0n) is 9.21. The van der Waals surface area contributed by atoms with Crippen LogP contribution in [0.2, 0.25) is 0 Å². The Morgan fingerprint density at radius 3 is 2.24 bits per heavy atom. The maximum Gasteiger partial charge on any atom is 0.193 e. The predicted octanol–water partition coefficient (Wildman–Crippen LogP) is 3.97. The van der Waals surface area contributed by atoms with E-state index in [1.54, 1.807) is 25.1 Å². The molecule has 2 aromatic rings. The Balaban J connectivity index is 2.37. The second-order valence-corrected chi connectivity index (χ2v) is 5.05. The minimum Gasteiger partial charge on any atom is -0.289 e. The van der Waals surface area contributed by atoms with Gasteiger partial charge in [-0.05, 0) is 77.5 Å². The van der Waals surface area contributed by atoms with Crippen LogP contribution < -0.4 is 0 Å². The van der Waals surface area contributed by atoms with Gasteiger partial charge in [-0.1, -0.05) is 0 Å². The van der Waals surface area contributed by atoms with Crippen LogP contribution in [0.3, 0.4) is 0 Å². The average molecular weight is 340 g/mol. The van der Waals surface area contributed by atoms with Gasteiger partial charge in [0, 0.05) is 14.7 Å². The highest BCUT2D eigenvalue weighted by Crippen LogP contribution is 2.15. The summed E-state index contributed by atoms with van der Waals surface area (Å²) in [6.07, 6.45) is 0. The summed E-state index contributed by atoms with van der Waals surface area (Å²) in [4.78, 5) is 12.1. The smallest absolute Gasteiger partial charge is 0.193 e. The third-order valence-corrected chi connectivity index (χ3v) is 3.25. The summed E-state index contributed by atoms with van der Waals surface area (Å²) in [6.45, 7) is 1.65. The molecule has 2 aromatic carbocycles. The van der Waals surface area contributed by atoms with Gasteiger partial charge in [-0.2, -0.15) is 0 Å². The van der Waals surface area contributed by atoms with E-state index in [0.717, 1.165) is 3.57 Å². The van der Waals surface area contributed by atoms with Crippen LogP contribution in [0.25, 0.3) is 0 Å². The Labute approximate surface area is 113 Å². The summed E-state index contributed by atoms with van der Waals surface area (Å²) in [6, 6.07) is 11.7. The van der Waals surface area contributed by atoms with Gasteiger partial charge in [-0.3, -0.25) is 4.79 Å². The van der Waals surface area contributed by atoms with Gasteiger partial charge in [0.05, 0.1) is 0 Å². The van der Waals surface area contributed by atoms with Crippen LogP contribution in [0.5, 0.6) is 0 Å². The zero-order valence-corrected chi connectivity index (χ0v) is 11.4. The Kier molecular flexibility index (Phi) is 3.57. The Morgan fingerprint density at radius 1 is 1.06 bits per heavy atom. The molecule has 0 aliphatic rings. The first-order valence-electron chi connectivity index (χ1n) is 5.14. The van der Waals surface area contributed by atoms with Gasteiger partial charge in [0.1, 0.15) is 5.82 Å².